The lowest BCUT2D eigenvalue weighted by molar-refractivity contribution is 1.07. The largest absolute Gasteiger partial charge is 0.208 e. The lowest BCUT2D eigenvalue weighted by Crippen LogP contribution is -2.00. The Balaban J connectivity index is 0.827. The van der Waals surface area contributed by atoms with E-state index in [1.165, 1.54) is 9.79 Å². The zero-order valence-electron chi connectivity index (χ0n) is 32.9. The van der Waals surface area contributed by atoms with Gasteiger partial charge in [-0.3, -0.25) is 0 Å². The van der Waals surface area contributed by atoms with Crippen LogP contribution in [0.4, 0.5) is 0 Å². The molecule has 7 heteroatoms. The van der Waals surface area contributed by atoms with Crippen molar-refractivity contribution in [3.8, 4) is 90.6 Å². The average Bonchev–Trinajstić information content (AvgIpc) is 3.35. The summed E-state index contributed by atoms with van der Waals surface area (Å²) < 4.78 is 0. The Morgan fingerprint density at radius 1 is 0.180 bits per heavy atom. The third-order valence-corrected chi connectivity index (χ3v) is 11.3. The minimum absolute atomic E-state index is 0.642. The van der Waals surface area contributed by atoms with Gasteiger partial charge >= 0.3 is 0 Å². The zero-order chi connectivity index (χ0) is 40.8. The van der Waals surface area contributed by atoms with E-state index in [4.69, 9.17) is 29.9 Å². The van der Waals surface area contributed by atoms with E-state index in [9.17, 15) is 0 Å². The second-order valence-corrected chi connectivity index (χ2v) is 15.5. The molecule has 0 amide bonds. The summed E-state index contributed by atoms with van der Waals surface area (Å²) in [5, 5.41) is 0. The summed E-state index contributed by atoms with van der Waals surface area (Å²) in [6.07, 6.45) is 0. The quantitative estimate of drug-likeness (QED) is 0.136. The van der Waals surface area contributed by atoms with Crippen molar-refractivity contribution in [2.45, 2.75) is 9.79 Å². The molecule has 10 aromatic rings. The van der Waals surface area contributed by atoms with Gasteiger partial charge in [-0.15, -0.1) is 0 Å². The van der Waals surface area contributed by atoms with E-state index in [-0.39, 0.29) is 0 Å². The van der Waals surface area contributed by atoms with Gasteiger partial charge in [-0.1, -0.05) is 206 Å². The Morgan fingerprint density at radius 2 is 0.361 bits per heavy atom. The van der Waals surface area contributed by atoms with Gasteiger partial charge in [0.2, 0.25) is 0 Å². The minimum atomic E-state index is 0.642. The van der Waals surface area contributed by atoms with Crippen molar-refractivity contribution in [1.82, 2.24) is 29.9 Å². The van der Waals surface area contributed by atoms with E-state index < -0.39 is 0 Å². The van der Waals surface area contributed by atoms with E-state index in [2.05, 4.69) is 97.1 Å². The molecule has 8 aromatic carbocycles. The average molecular weight is 801 g/mol. The lowest BCUT2D eigenvalue weighted by Gasteiger charge is -2.10. The van der Waals surface area contributed by atoms with Gasteiger partial charge < -0.3 is 0 Å². The van der Waals surface area contributed by atoms with Gasteiger partial charge in [0.25, 0.3) is 0 Å². The molecule has 0 aliphatic rings. The van der Waals surface area contributed by atoms with Gasteiger partial charge in [-0.25, -0.2) is 29.9 Å². The fraction of sp³-hybridized carbons (Fsp3) is 0. The molecule has 0 saturated carbocycles. The molecule has 10 rings (SSSR count). The number of nitrogens with zero attached hydrogens (tertiary/aromatic N) is 6. The molecular weight excluding hydrogens is 765 g/mol. The molecule has 0 unspecified atom stereocenters. The van der Waals surface area contributed by atoms with E-state index in [0.717, 1.165) is 55.6 Å². The fourth-order valence-electron chi connectivity index (χ4n) is 7.07. The van der Waals surface area contributed by atoms with Gasteiger partial charge in [0.1, 0.15) is 0 Å². The lowest BCUT2D eigenvalue weighted by atomic mass is 10.0. The van der Waals surface area contributed by atoms with E-state index in [1.807, 2.05) is 121 Å². The maximum absolute atomic E-state index is 4.88. The Labute approximate surface area is 358 Å². The highest BCUT2D eigenvalue weighted by molar-refractivity contribution is 7.99. The van der Waals surface area contributed by atoms with Crippen molar-refractivity contribution in [2.24, 2.45) is 0 Å². The molecular formula is C54H36N6S. The van der Waals surface area contributed by atoms with Crippen LogP contribution in [-0.2, 0) is 0 Å². The standard InChI is InChI=1S/C54H36N6S/c1-5-13-41(14-6-1)49-55-50(42-15-7-2-8-16-42)58-53(57-49)45-25-21-37(22-26-45)39-29-33-47(34-30-39)61-48-35-31-40(32-36-48)38-23-27-46(28-24-38)54-59-51(43-17-9-3-10-18-43)56-52(60-54)44-19-11-4-12-20-44/h1-36H. The van der Waals surface area contributed by atoms with Gasteiger partial charge in [0.05, 0.1) is 0 Å². The summed E-state index contributed by atoms with van der Waals surface area (Å²) in [7, 11) is 0. The Kier molecular flexibility index (Phi) is 10.5. The van der Waals surface area contributed by atoms with Gasteiger partial charge in [-0.2, -0.15) is 0 Å². The molecule has 6 nitrogen and oxygen atoms in total. The third-order valence-electron chi connectivity index (χ3n) is 10.3. The van der Waals surface area contributed by atoms with Crippen LogP contribution < -0.4 is 0 Å². The summed E-state index contributed by atoms with van der Waals surface area (Å²) in [4.78, 5) is 31.5. The van der Waals surface area contributed by atoms with Crippen molar-refractivity contribution < 1.29 is 0 Å². The van der Waals surface area contributed by atoms with Gasteiger partial charge in [0.15, 0.2) is 34.9 Å². The minimum Gasteiger partial charge on any atom is -0.208 e. The molecule has 2 aromatic heterocycles. The second kappa shape index (κ2) is 17.2. The molecule has 0 aliphatic heterocycles. The summed E-state index contributed by atoms with van der Waals surface area (Å²) in [5.74, 6) is 3.89. The van der Waals surface area contributed by atoms with Crippen LogP contribution in [-0.4, -0.2) is 29.9 Å². The van der Waals surface area contributed by atoms with Crippen molar-refractivity contribution in [1.29, 1.82) is 0 Å². The first kappa shape index (κ1) is 37.4. The summed E-state index contributed by atoms with van der Waals surface area (Å²) >= 11 is 1.75. The topological polar surface area (TPSA) is 77.3 Å². The summed E-state index contributed by atoms with van der Waals surface area (Å²) in [6, 6.07) is 74.5. The predicted octanol–water partition coefficient (Wildman–Crippen LogP) is 13.5. The van der Waals surface area contributed by atoms with Crippen LogP contribution in [0.5, 0.6) is 0 Å². The normalized spacial score (nSPS) is 11.0. The number of benzene rings is 8. The highest BCUT2D eigenvalue weighted by Crippen LogP contribution is 2.33. The van der Waals surface area contributed by atoms with Gasteiger partial charge in [-0.05, 0) is 46.5 Å². The number of rotatable bonds is 10. The van der Waals surface area contributed by atoms with Crippen molar-refractivity contribution in [3.05, 3.63) is 218 Å². The van der Waals surface area contributed by atoms with Crippen LogP contribution >= 0.6 is 11.8 Å². The molecule has 288 valence electrons. The summed E-state index contributed by atoms with van der Waals surface area (Å²) in [5.41, 5.74) is 10.2. The SMILES string of the molecule is c1ccc(-c2nc(-c3ccccc3)nc(-c3ccc(-c4ccc(Sc5ccc(-c6ccc(-c7nc(-c8ccccc8)nc(-c8ccccc8)n7)cc6)cc5)cc4)cc3)n2)cc1. The summed E-state index contributed by atoms with van der Waals surface area (Å²) in [6.45, 7) is 0. The molecule has 0 saturated heterocycles. The van der Waals surface area contributed by atoms with Crippen LogP contribution in [0.1, 0.15) is 0 Å². The van der Waals surface area contributed by atoms with Crippen LogP contribution in [0.15, 0.2) is 228 Å². The molecule has 0 radical (unpaired) electrons. The first-order chi connectivity index (χ1) is 30.2. The number of hydrogen-bond acceptors (Lipinski definition) is 7. The molecule has 2 heterocycles. The molecule has 0 spiro atoms. The Morgan fingerprint density at radius 3 is 0.590 bits per heavy atom. The smallest absolute Gasteiger partial charge is 0.164 e. The monoisotopic (exact) mass is 800 g/mol. The van der Waals surface area contributed by atoms with E-state index >= 15 is 0 Å². The number of aromatic nitrogens is 6. The molecule has 0 N–H and O–H groups in total. The van der Waals surface area contributed by atoms with Gasteiger partial charge in [0, 0.05) is 43.2 Å². The first-order valence-electron chi connectivity index (χ1n) is 20.0. The molecule has 0 bridgehead atoms. The molecule has 61 heavy (non-hydrogen) atoms. The molecule has 0 aliphatic carbocycles. The Hall–Kier alpha value is -7.87. The van der Waals surface area contributed by atoms with Crippen LogP contribution in [0.3, 0.4) is 0 Å². The fourth-order valence-corrected chi connectivity index (χ4v) is 7.88. The maximum atomic E-state index is 4.88. The van der Waals surface area contributed by atoms with Crippen LogP contribution in [0, 0.1) is 0 Å². The number of hydrogen-bond donors (Lipinski definition) is 0. The van der Waals surface area contributed by atoms with E-state index in [0.29, 0.717) is 34.9 Å². The predicted molar refractivity (Wildman–Crippen MR) is 247 cm³/mol. The molecule has 0 atom stereocenters. The maximum Gasteiger partial charge on any atom is 0.164 e. The van der Waals surface area contributed by atoms with Crippen molar-refractivity contribution >= 4 is 11.8 Å². The van der Waals surface area contributed by atoms with Crippen LogP contribution in [0.2, 0.25) is 0 Å². The highest BCUT2D eigenvalue weighted by atomic mass is 32.2. The molecule has 0 fully saturated rings. The van der Waals surface area contributed by atoms with E-state index in [1.54, 1.807) is 11.8 Å². The van der Waals surface area contributed by atoms with Crippen LogP contribution in [0.25, 0.3) is 90.6 Å². The third kappa shape index (κ3) is 8.50. The highest BCUT2D eigenvalue weighted by Gasteiger charge is 2.14. The van der Waals surface area contributed by atoms with Crippen molar-refractivity contribution in [2.75, 3.05) is 0 Å². The first-order valence-corrected chi connectivity index (χ1v) is 20.8. The van der Waals surface area contributed by atoms with Crippen molar-refractivity contribution in [3.63, 3.8) is 0 Å². The zero-order valence-corrected chi connectivity index (χ0v) is 33.7. The Bertz CT molecular complexity index is 2710. The second-order valence-electron chi connectivity index (χ2n) is 14.4.